The number of carbonyl (C=O) groups excluding carboxylic acids is 2. The smallest absolute Gasteiger partial charge is 0.251 e. The number of aryl methyl sites for hydroxylation is 3. The average Bonchev–Trinajstić information content (AvgIpc) is 2.49. The number of amides is 2. The monoisotopic (exact) mass is 422 g/mol. The molecule has 0 heterocycles. The lowest BCUT2D eigenvalue weighted by Crippen LogP contribution is -2.33. The molecule has 120 valence electrons. The first kappa shape index (κ1) is 17.5. The number of halogens is 1. The summed E-state index contributed by atoms with van der Waals surface area (Å²) in [6.07, 6.45) is 0. The molecular formula is C18H19IN2O2. The van der Waals surface area contributed by atoms with E-state index in [-0.39, 0.29) is 18.4 Å². The van der Waals surface area contributed by atoms with Crippen LogP contribution in [0.2, 0.25) is 0 Å². The van der Waals surface area contributed by atoms with Crippen molar-refractivity contribution in [2.24, 2.45) is 0 Å². The molecule has 0 saturated heterocycles. The summed E-state index contributed by atoms with van der Waals surface area (Å²) in [6, 6.07) is 11.2. The third-order valence-electron chi connectivity index (χ3n) is 3.46. The van der Waals surface area contributed by atoms with Crippen LogP contribution in [0.1, 0.15) is 27.0 Å². The van der Waals surface area contributed by atoms with Crippen molar-refractivity contribution in [3.63, 3.8) is 0 Å². The number of hydrogen-bond acceptors (Lipinski definition) is 2. The van der Waals surface area contributed by atoms with Crippen molar-refractivity contribution in [3.05, 3.63) is 62.2 Å². The fraction of sp³-hybridized carbons (Fsp3) is 0.222. The summed E-state index contributed by atoms with van der Waals surface area (Å²) in [6.45, 7) is 5.88. The molecule has 2 aromatic rings. The van der Waals surface area contributed by atoms with Gasteiger partial charge in [-0.1, -0.05) is 17.7 Å². The van der Waals surface area contributed by atoms with Gasteiger partial charge in [-0.05, 0) is 78.8 Å². The van der Waals surface area contributed by atoms with E-state index in [4.69, 9.17) is 0 Å². The summed E-state index contributed by atoms with van der Waals surface area (Å²) >= 11 is 2.18. The zero-order chi connectivity index (χ0) is 17.0. The third-order valence-corrected chi connectivity index (χ3v) is 4.18. The number of benzene rings is 2. The summed E-state index contributed by atoms with van der Waals surface area (Å²) < 4.78 is 1.06. The summed E-state index contributed by atoms with van der Waals surface area (Å²) in [5.74, 6) is -0.493. The van der Waals surface area contributed by atoms with E-state index in [1.54, 1.807) is 12.1 Å². The van der Waals surface area contributed by atoms with E-state index >= 15 is 0 Å². The molecule has 0 aliphatic heterocycles. The first-order valence-corrected chi connectivity index (χ1v) is 8.36. The first-order chi connectivity index (χ1) is 10.9. The van der Waals surface area contributed by atoms with E-state index in [9.17, 15) is 9.59 Å². The Morgan fingerprint density at radius 2 is 1.57 bits per heavy atom. The maximum Gasteiger partial charge on any atom is 0.251 e. The summed E-state index contributed by atoms with van der Waals surface area (Å²) in [5, 5.41) is 5.50. The number of rotatable bonds is 4. The van der Waals surface area contributed by atoms with Crippen LogP contribution in [0, 0.1) is 24.3 Å². The van der Waals surface area contributed by atoms with Crippen LogP contribution in [0.3, 0.4) is 0 Å². The number of hydrogen-bond donors (Lipinski definition) is 2. The summed E-state index contributed by atoms with van der Waals surface area (Å²) in [7, 11) is 0. The fourth-order valence-corrected chi connectivity index (χ4v) is 2.78. The normalized spacial score (nSPS) is 10.3. The van der Waals surface area contributed by atoms with Gasteiger partial charge in [0.1, 0.15) is 0 Å². The standard InChI is InChI=1S/C18H19IN2O2/c1-11-8-12(2)17(13(3)9-11)21-16(22)10-20-18(23)14-4-6-15(19)7-5-14/h4-9H,10H2,1-3H3,(H,20,23)(H,21,22). The molecule has 0 spiro atoms. The molecular weight excluding hydrogens is 403 g/mol. The Bertz CT molecular complexity index is 716. The minimum Gasteiger partial charge on any atom is -0.343 e. The molecule has 2 N–H and O–H groups in total. The van der Waals surface area contributed by atoms with Gasteiger partial charge in [0.2, 0.25) is 5.91 Å². The maximum absolute atomic E-state index is 12.1. The minimum absolute atomic E-state index is 0.0580. The topological polar surface area (TPSA) is 58.2 Å². The highest BCUT2D eigenvalue weighted by Crippen LogP contribution is 2.21. The Morgan fingerprint density at radius 1 is 1.00 bits per heavy atom. The third kappa shape index (κ3) is 4.79. The van der Waals surface area contributed by atoms with Gasteiger partial charge in [0.05, 0.1) is 6.54 Å². The molecule has 5 heteroatoms. The molecule has 0 saturated carbocycles. The van der Waals surface area contributed by atoms with E-state index in [0.29, 0.717) is 5.56 Å². The molecule has 2 rings (SSSR count). The zero-order valence-electron chi connectivity index (χ0n) is 13.4. The van der Waals surface area contributed by atoms with E-state index in [2.05, 4.69) is 33.2 Å². The van der Waals surface area contributed by atoms with Crippen molar-refractivity contribution in [2.45, 2.75) is 20.8 Å². The van der Waals surface area contributed by atoms with Crippen LogP contribution >= 0.6 is 22.6 Å². The van der Waals surface area contributed by atoms with E-state index in [0.717, 1.165) is 25.9 Å². The van der Waals surface area contributed by atoms with Crippen LogP contribution < -0.4 is 10.6 Å². The lowest BCUT2D eigenvalue weighted by atomic mass is 10.1. The van der Waals surface area contributed by atoms with Crippen molar-refractivity contribution in [1.29, 1.82) is 0 Å². The predicted molar refractivity (Wildman–Crippen MR) is 101 cm³/mol. The molecule has 0 fully saturated rings. The van der Waals surface area contributed by atoms with Crippen molar-refractivity contribution < 1.29 is 9.59 Å². The van der Waals surface area contributed by atoms with Gasteiger partial charge in [0, 0.05) is 14.8 Å². The summed E-state index contributed by atoms with van der Waals surface area (Å²) in [4.78, 5) is 24.1. The molecule has 0 aliphatic rings. The van der Waals surface area contributed by atoms with Crippen molar-refractivity contribution in [2.75, 3.05) is 11.9 Å². The molecule has 0 atom stereocenters. The molecule has 0 radical (unpaired) electrons. The second-order valence-electron chi connectivity index (χ2n) is 5.51. The predicted octanol–water partition coefficient (Wildman–Crippen LogP) is 3.58. The Hall–Kier alpha value is -1.89. The van der Waals surface area contributed by atoms with Crippen molar-refractivity contribution in [1.82, 2.24) is 5.32 Å². The number of carbonyl (C=O) groups is 2. The SMILES string of the molecule is Cc1cc(C)c(NC(=O)CNC(=O)c2ccc(I)cc2)c(C)c1. The van der Waals surface area contributed by atoms with Gasteiger partial charge in [-0.2, -0.15) is 0 Å². The van der Waals surface area contributed by atoms with Crippen molar-refractivity contribution in [3.8, 4) is 0 Å². The second-order valence-corrected chi connectivity index (χ2v) is 6.76. The van der Waals surface area contributed by atoms with Crippen LogP contribution in [-0.4, -0.2) is 18.4 Å². The van der Waals surface area contributed by atoms with Crippen LogP contribution in [0.15, 0.2) is 36.4 Å². The van der Waals surface area contributed by atoms with Gasteiger partial charge < -0.3 is 10.6 Å². The highest BCUT2D eigenvalue weighted by molar-refractivity contribution is 14.1. The highest BCUT2D eigenvalue weighted by Gasteiger charge is 2.10. The quantitative estimate of drug-likeness (QED) is 0.741. The largest absolute Gasteiger partial charge is 0.343 e. The average molecular weight is 422 g/mol. The Labute approximate surface area is 149 Å². The molecule has 0 aliphatic carbocycles. The summed E-state index contributed by atoms with van der Waals surface area (Å²) in [5.41, 5.74) is 4.54. The Balaban J connectivity index is 1.95. The van der Waals surface area contributed by atoms with Crippen LogP contribution in [0.25, 0.3) is 0 Å². The van der Waals surface area contributed by atoms with Gasteiger partial charge in [0.15, 0.2) is 0 Å². The van der Waals surface area contributed by atoms with E-state index < -0.39 is 0 Å². The van der Waals surface area contributed by atoms with Crippen LogP contribution in [-0.2, 0) is 4.79 Å². The zero-order valence-corrected chi connectivity index (χ0v) is 15.5. The van der Waals surface area contributed by atoms with E-state index in [1.807, 2.05) is 45.0 Å². The Morgan fingerprint density at radius 3 is 2.13 bits per heavy atom. The van der Waals surface area contributed by atoms with Gasteiger partial charge in [-0.25, -0.2) is 0 Å². The molecule has 4 nitrogen and oxygen atoms in total. The maximum atomic E-state index is 12.1. The second kappa shape index (κ2) is 7.59. The minimum atomic E-state index is -0.256. The van der Waals surface area contributed by atoms with Crippen LogP contribution in [0.4, 0.5) is 5.69 Å². The van der Waals surface area contributed by atoms with E-state index in [1.165, 1.54) is 0 Å². The van der Waals surface area contributed by atoms with Gasteiger partial charge in [-0.15, -0.1) is 0 Å². The lowest BCUT2D eigenvalue weighted by molar-refractivity contribution is -0.115. The highest BCUT2D eigenvalue weighted by atomic mass is 127. The molecule has 2 amide bonds. The van der Waals surface area contributed by atoms with Gasteiger partial charge in [0.25, 0.3) is 5.91 Å². The van der Waals surface area contributed by atoms with Gasteiger partial charge in [-0.3, -0.25) is 9.59 Å². The molecule has 2 aromatic carbocycles. The van der Waals surface area contributed by atoms with Crippen LogP contribution in [0.5, 0.6) is 0 Å². The number of nitrogens with one attached hydrogen (secondary N) is 2. The van der Waals surface area contributed by atoms with Crippen molar-refractivity contribution >= 4 is 40.1 Å². The number of anilines is 1. The fourth-order valence-electron chi connectivity index (χ4n) is 2.42. The lowest BCUT2D eigenvalue weighted by Gasteiger charge is -2.13. The molecule has 23 heavy (non-hydrogen) atoms. The molecule has 0 bridgehead atoms. The van der Waals surface area contributed by atoms with Gasteiger partial charge >= 0.3 is 0 Å². The first-order valence-electron chi connectivity index (χ1n) is 7.28. The Kier molecular flexibility index (Phi) is 5.76. The molecule has 0 unspecified atom stereocenters. The molecule has 0 aromatic heterocycles.